The van der Waals surface area contributed by atoms with E-state index in [4.69, 9.17) is 10.8 Å². The molecule has 1 aromatic carbocycles. The number of ether oxygens (including phenoxy) is 2. The van der Waals surface area contributed by atoms with Gasteiger partial charge in [0.15, 0.2) is 11.5 Å². The van der Waals surface area contributed by atoms with Gasteiger partial charge in [-0.15, -0.1) is 8.78 Å². The minimum atomic E-state index is -3.68. The van der Waals surface area contributed by atoms with Gasteiger partial charge >= 0.3 is 6.29 Å². The van der Waals surface area contributed by atoms with Gasteiger partial charge in [0.25, 0.3) is 0 Å². The Bertz CT molecular complexity index is 421. The van der Waals surface area contributed by atoms with E-state index in [2.05, 4.69) is 9.47 Å². The van der Waals surface area contributed by atoms with Crippen LogP contribution in [0.25, 0.3) is 0 Å². The second-order valence-corrected chi connectivity index (χ2v) is 3.88. The van der Waals surface area contributed by atoms with Crippen LogP contribution in [-0.2, 0) is 5.54 Å². The molecule has 0 saturated carbocycles. The van der Waals surface area contributed by atoms with Gasteiger partial charge in [0.05, 0.1) is 12.1 Å². The monoisotopic (exact) mass is 231 g/mol. The fourth-order valence-corrected chi connectivity index (χ4v) is 1.50. The zero-order valence-corrected chi connectivity index (χ0v) is 8.54. The molecule has 4 nitrogen and oxygen atoms in total. The summed E-state index contributed by atoms with van der Waals surface area (Å²) < 4.78 is 34.4. The third-order valence-electron chi connectivity index (χ3n) is 2.37. The van der Waals surface area contributed by atoms with E-state index >= 15 is 0 Å². The van der Waals surface area contributed by atoms with E-state index in [9.17, 15) is 8.78 Å². The Kier molecular flexibility index (Phi) is 2.28. The molecule has 3 N–H and O–H groups in total. The number of hydrogen-bond acceptors (Lipinski definition) is 4. The minimum Gasteiger partial charge on any atom is -0.395 e. The first-order chi connectivity index (χ1) is 7.36. The number of benzene rings is 1. The van der Waals surface area contributed by atoms with Crippen molar-refractivity contribution in [2.24, 2.45) is 5.73 Å². The van der Waals surface area contributed by atoms with Gasteiger partial charge in [-0.05, 0) is 13.0 Å². The van der Waals surface area contributed by atoms with Crippen LogP contribution in [0.1, 0.15) is 12.5 Å². The summed E-state index contributed by atoms with van der Waals surface area (Å²) in [7, 11) is 0. The molecular weight excluding hydrogens is 220 g/mol. The van der Waals surface area contributed by atoms with Gasteiger partial charge in [-0.25, -0.2) is 0 Å². The minimum absolute atomic E-state index is 0.0763. The van der Waals surface area contributed by atoms with Crippen LogP contribution in [0.5, 0.6) is 11.5 Å². The van der Waals surface area contributed by atoms with Crippen molar-refractivity contribution in [2.45, 2.75) is 18.8 Å². The summed E-state index contributed by atoms with van der Waals surface area (Å²) in [6.07, 6.45) is -3.68. The topological polar surface area (TPSA) is 64.7 Å². The number of rotatable bonds is 2. The van der Waals surface area contributed by atoms with Crippen molar-refractivity contribution in [3.63, 3.8) is 0 Å². The summed E-state index contributed by atoms with van der Waals surface area (Å²) in [4.78, 5) is 0. The normalized spacial score (nSPS) is 20.6. The van der Waals surface area contributed by atoms with E-state index in [0.29, 0.717) is 0 Å². The molecule has 0 aliphatic carbocycles. The van der Waals surface area contributed by atoms with Gasteiger partial charge < -0.3 is 20.3 Å². The average Bonchev–Trinajstić information content (AvgIpc) is 2.50. The molecule has 1 heterocycles. The van der Waals surface area contributed by atoms with Crippen molar-refractivity contribution in [1.29, 1.82) is 0 Å². The molecule has 0 amide bonds. The molecule has 1 aliphatic rings. The van der Waals surface area contributed by atoms with Crippen molar-refractivity contribution in [1.82, 2.24) is 0 Å². The predicted molar refractivity (Wildman–Crippen MR) is 51.3 cm³/mol. The molecule has 0 aromatic heterocycles. The molecule has 0 spiro atoms. The van der Waals surface area contributed by atoms with Crippen LogP contribution in [0.3, 0.4) is 0 Å². The maximum absolute atomic E-state index is 12.9. The highest BCUT2D eigenvalue weighted by Gasteiger charge is 2.46. The maximum Gasteiger partial charge on any atom is 0.586 e. The molecule has 1 aromatic rings. The number of halogens is 2. The Hall–Kier alpha value is -1.40. The lowest BCUT2D eigenvalue weighted by Crippen LogP contribution is -2.37. The van der Waals surface area contributed by atoms with E-state index in [-0.39, 0.29) is 17.1 Å². The second-order valence-electron chi connectivity index (χ2n) is 3.88. The number of alkyl halides is 2. The third-order valence-corrected chi connectivity index (χ3v) is 2.37. The molecule has 1 atom stereocenters. The van der Waals surface area contributed by atoms with Crippen LogP contribution in [0.4, 0.5) is 8.78 Å². The maximum atomic E-state index is 12.9. The summed E-state index contributed by atoms with van der Waals surface area (Å²) in [6, 6.07) is 4.38. The van der Waals surface area contributed by atoms with Crippen LogP contribution in [-0.4, -0.2) is 18.0 Å². The van der Waals surface area contributed by atoms with Gasteiger partial charge in [0.1, 0.15) is 0 Å². The van der Waals surface area contributed by atoms with Crippen LogP contribution in [0.15, 0.2) is 18.2 Å². The Morgan fingerprint density at radius 2 is 2.12 bits per heavy atom. The highest BCUT2D eigenvalue weighted by molar-refractivity contribution is 5.51. The van der Waals surface area contributed by atoms with Crippen LogP contribution < -0.4 is 15.2 Å². The largest absolute Gasteiger partial charge is 0.586 e. The Labute approximate surface area is 90.6 Å². The molecule has 0 unspecified atom stereocenters. The van der Waals surface area contributed by atoms with Gasteiger partial charge in [-0.1, -0.05) is 12.1 Å². The lowest BCUT2D eigenvalue weighted by molar-refractivity contribution is -0.287. The molecule has 0 saturated heterocycles. The number of aliphatic hydroxyl groups excluding tert-OH is 1. The van der Waals surface area contributed by atoms with Gasteiger partial charge in [0.2, 0.25) is 0 Å². The zero-order chi connectivity index (χ0) is 12.0. The first-order valence-corrected chi connectivity index (χ1v) is 4.65. The summed E-state index contributed by atoms with van der Waals surface area (Å²) in [5.74, 6) is -0.195. The zero-order valence-electron chi connectivity index (χ0n) is 8.54. The highest BCUT2D eigenvalue weighted by Crippen LogP contribution is 2.45. The molecule has 1 aliphatic heterocycles. The number of fused-ring (bicyclic) bond motifs is 1. The third kappa shape index (κ3) is 1.70. The van der Waals surface area contributed by atoms with Crippen LogP contribution in [0, 0.1) is 0 Å². The lowest BCUT2D eigenvalue weighted by atomic mass is 9.93. The number of hydrogen-bond donors (Lipinski definition) is 2. The Balaban J connectivity index is 2.49. The molecule has 0 radical (unpaired) electrons. The fraction of sp³-hybridized carbons (Fsp3) is 0.400. The first-order valence-electron chi connectivity index (χ1n) is 4.65. The van der Waals surface area contributed by atoms with E-state index in [1.165, 1.54) is 25.1 Å². The van der Waals surface area contributed by atoms with E-state index in [0.717, 1.165) is 0 Å². The summed E-state index contributed by atoms with van der Waals surface area (Å²) >= 11 is 0. The average molecular weight is 231 g/mol. The molecular formula is C10H11F2NO3. The summed E-state index contributed by atoms with van der Waals surface area (Å²) in [5.41, 5.74) is 4.89. The van der Waals surface area contributed by atoms with E-state index in [1.807, 2.05) is 0 Å². The molecule has 0 fully saturated rings. The Morgan fingerprint density at radius 3 is 2.75 bits per heavy atom. The van der Waals surface area contributed by atoms with Crippen molar-refractivity contribution in [3.8, 4) is 11.5 Å². The molecule has 2 rings (SSSR count). The van der Waals surface area contributed by atoms with Crippen molar-refractivity contribution in [3.05, 3.63) is 23.8 Å². The number of aliphatic hydroxyl groups is 1. The molecule has 6 heteroatoms. The number of nitrogens with two attached hydrogens (primary N) is 1. The molecule has 88 valence electrons. The SMILES string of the molecule is C[C@@](N)(CO)c1cccc2c1OC(F)(F)O2. The van der Waals surface area contributed by atoms with Gasteiger partial charge in [0, 0.05) is 5.56 Å². The lowest BCUT2D eigenvalue weighted by Gasteiger charge is -2.23. The first kappa shape index (κ1) is 11.1. The van der Waals surface area contributed by atoms with Crippen molar-refractivity contribution >= 4 is 0 Å². The van der Waals surface area contributed by atoms with Crippen molar-refractivity contribution < 1.29 is 23.4 Å². The van der Waals surface area contributed by atoms with Crippen LogP contribution >= 0.6 is 0 Å². The van der Waals surface area contributed by atoms with E-state index in [1.54, 1.807) is 0 Å². The highest BCUT2D eigenvalue weighted by atomic mass is 19.3. The van der Waals surface area contributed by atoms with Crippen LogP contribution in [0.2, 0.25) is 0 Å². The number of para-hydroxylation sites is 1. The van der Waals surface area contributed by atoms with Crippen molar-refractivity contribution in [2.75, 3.05) is 6.61 Å². The standard InChI is InChI=1S/C10H11F2NO3/c1-9(13,5-14)6-3-2-4-7-8(6)16-10(11,12)15-7/h2-4,14H,5,13H2,1H3/t9-/m1/s1. The summed E-state index contributed by atoms with van der Waals surface area (Å²) in [5, 5.41) is 9.10. The molecule has 16 heavy (non-hydrogen) atoms. The predicted octanol–water partition coefficient (Wildman–Crippen LogP) is 1.17. The Morgan fingerprint density at radius 1 is 1.44 bits per heavy atom. The smallest absolute Gasteiger partial charge is 0.395 e. The second kappa shape index (κ2) is 3.29. The van der Waals surface area contributed by atoms with Gasteiger partial charge in [-0.3, -0.25) is 0 Å². The summed E-state index contributed by atoms with van der Waals surface area (Å²) in [6.45, 7) is 1.13. The fourth-order valence-electron chi connectivity index (χ4n) is 1.50. The van der Waals surface area contributed by atoms with E-state index < -0.39 is 18.4 Å². The van der Waals surface area contributed by atoms with Gasteiger partial charge in [-0.2, -0.15) is 0 Å². The quantitative estimate of drug-likeness (QED) is 0.802. The molecule has 0 bridgehead atoms.